The molecular weight excluding hydrogens is 394 g/mol. The molecule has 2 N–H and O–H groups in total. The topological polar surface area (TPSA) is 70.6 Å². The third-order valence-electron chi connectivity index (χ3n) is 4.79. The lowest BCUT2D eigenvalue weighted by molar-refractivity contribution is 0.601. The van der Waals surface area contributed by atoms with Crippen molar-refractivity contribution in [1.82, 2.24) is 10.6 Å². The lowest BCUT2D eigenvalue weighted by Gasteiger charge is -2.12. The highest BCUT2D eigenvalue weighted by atomic mass is 35.5. The van der Waals surface area contributed by atoms with E-state index in [9.17, 15) is 8.42 Å². The summed E-state index contributed by atoms with van der Waals surface area (Å²) in [5.74, 6) is 1.21. The number of nitrogens with zero attached hydrogens (tertiary/aromatic N) is 1. The first kappa shape index (κ1) is 20.7. The quantitative estimate of drug-likeness (QED) is 0.553. The third-order valence-corrected chi connectivity index (χ3v) is 6.28. The monoisotopic (exact) mass is 419 g/mol. The van der Waals surface area contributed by atoms with E-state index in [1.54, 1.807) is 6.07 Å². The maximum atomic E-state index is 11.8. The van der Waals surface area contributed by atoms with Gasteiger partial charge in [0.2, 0.25) is 0 Å². The summed E-state index contributed by atoms with van der Waals surface area (Å²) in [4.78, 5) is 5.03. The van der Waals surface area contributed by atoms with Crippen LogP contribution >= 0.6 is 11.6 Å². The van der Waals surface area contributed by atoms with Crippen molar-refractivity contribution >= 4 is 27.4 Å². The summed E-state index contributed by atoms with van der Waals surface area (Å²) in [7, 11) is -3.20. The second-order valence-electron chi connectivity index (χ2n) is 7.22. The number of hydrogen-bond donors (Lipinski definition) is 2. The molecule has 7 heteroatoms. The van der Waals surface area contributed by atoms with Gasteiger partial charge in [0.15, 0.2) is 15.8 Å². The summed E-state index contributed by atoms with van der Waals surface area (Å²) < 4.78 is 23.5. The van der Waals surface area contributed by atoms with Crippen LogP contribution in [0.2, 0.25) is 5.02 Å². The Labute approximate surface area is 172 Å². The van der Waals surface area contributed by atoms with Crippen LogP contribution < -0.4 is 10.6 Å². The van der Waals surface area contributed by atoms with Gasteiger partial charge < -0.3 is 10.6 Å². The van der Waals surface area contributed by atoms with E-state index in [2.05, 4.69) is 21.7 Å². The predicted molar refractivity (Wildman–Crippen MR) is 115 cm³/mol. The first-order valence-electron chi connectivity index (χ1n) is 9.38. The number of halogens is 1. The summed E-state index contributed by atoms with van der Waals surface area (Å²) in [5.41, 5.74) is 2.97. The molecule has 2 aromatic carbocycles. The van der Waals surface area contributed by atoms with Crippen molar-refractivity contribution in [2.75, 3.05) is 12.8 Å². The van der Waals surface area contributed by atoms with E-state index in [4.69, 9.17) is 11.6 Å². The Hall–Kier alpha value is -2.05. The van der Waals surface area contributed by atoms with Crippen LogP contribution in [0.3, 0.4) is 0 Å². The normalized spacial score (nSPS) is 19.4. The SMILES string of the molecule is CCNC(=NCc1ccc(S(C)(=O)=O)c(C)c1)NC1CC1c1cccc(Cl)c1. The van der Waals surface area contributed by atoms with Gasteiger partial charge in [-0.05, 0) is 55.2 Å². The van der Waals surface area contributed by atoms with Crippen LogP contribution in [-0.2, 0) is 16.4 Å². The molecule has 0 heterocycles. The highest BCUT2D eigenvalue weighted by Gasteiger charge is 2.39. The average molecular weight is 420 g/mol. The van der Waals surface area contributed by atoms with Crippen molar-refractivity contribution in [1.29, 1.82) is 0 Å². The predicted octanol–water partition coefficient (Wildman–Crippen LogP) is 3.66. The number of benzene rings is 2. The molecule has 0 bridgehead atoms. The molecule has 1 fully saturated rings. The standard InChI is InChI=1S/C21H26ClN3O2S/c1-4-23-21(25-19-12-18(19)16-6-5-7-17(22)11-16)24-13-15-8-9-20(14(2)10-15)28(3,26)27/h5-11,18-19H,4,12-13H2,1-3H3,(H2,23,24,25). The summed E-state index contributed by atoms with van der Waals surface area (Å²) in [6, 6.07) is 13.7. The maximum absolute atomic E-state index is 11.8. The van der Waals surface area contributed by atoms with E-state index in [-0.39, 0.29) is 0 Å². The van der Waals surface area contributed by atoms with Gasteiger partial charge in [0.1, 0.15) is 0 Å². The molecule has 5 nitrogen and oxygen atoms in total. The van der Waals surface area contributed by atoms with Crippen molar-refractivity contribution < 1.29 is 8.42 Å². The van der Waals surface area contributed by atoms with Crippen LogP contribution in [0.1, 0.15) is 36.0 Å². The molecule has 3 rings (SSSR count). The largest absolute Gasteiger partial charge is 0.357 e. The molecule has 0 amide bonds. The van der Waals surface area contributed by atoms with Gasteiger partial charge in [0.05, 0.1) is 11.4 Å². The fourth-order valence-electron chi connectivity index (χ4n) is 3.35. The Morgan fingerprint density at radius 2 is 2.04 bits per heavy atom. The van der Waals surface area contributed by atoms with Crippen LogP contribution in [0.15, 0.2) is 52.4 Å². The average Bonchev–Trinajstić information content (AvgIpc) is 3.38. The second kappa shape index (κ2) is 8.53. The number of aliphatic imine (C=N–C) groups is 1. The van der Waals surface area contributed by atoms with Crippen molar-refractivity contribution in [3.63, 3.8) is 0 Å². The van der Waals surface area contributed by atoms with E-state index in [1.807, 2.05) is 44.2 Å². The minimum Gasteiger partial charge on any atom is -0.357 e. The van der Waals surface area contributed by atoms with Gasteiger partial charge in [-0.2, -0.15) is 0 Å². The highest BCUT2D eigenvalue weighted by molar-refractivity contribution is 7.90. The van der Waals surface area contributed by atoms with Gasteiger partial charge in [-0.15, -0.1) is 0 Å². The highest BCUT2D eigenvalue weighted by Crippen LogP contribution is 2.41. The van der Waals surface area contributed by atoms with Crippen LogP contribution in [0.4, 0.5) is 0 Å². The zero-order valence-electron chi connectivity index (χ0n) is 16.4. The first-order chi connectivity index (χ1) is 13.3. The fraction of sp³-hybridized carbons (Fsp3) is 0.381. The number of hydrogen-bond acceptors (Lipinski definition) is 3. The second-order valence-corrected chi connectivity index (χ2v) is 9.64. The Bertz CT molecular complexity index is 989. The van der Waals surface area contributed by atoms with Gasteiger partial charge >= 0.3 is 0 Å². The Balaban J connectivity index is 1.66. The summed E-state index contributed by atoms with van der Waals surface area (Å²) in [6.07, 6.45) is 2.28. The molecule has 2 atom stereocenters. The molecule has 28 heavy (non-hydrogen) atoms. The molecule has 0 aromatic heterocycles. The number of rotatable bonds is 6. The summed E-state index contributed by atoms with van der Waals surface area (Å²) in [5, 5.41) is 7.52. The van der Waals surface area contributed by atoms with E-state index in [1.165, 1.54) is 11.8 Å². The van der Waals surface area contributed by atoms with Gasteiger partial charge in [0.25, 0.3) is 0 Å². The molecule has 2 unspecified atom stereocenters. The molecule has 1 aliphatic carbocycles. The fourth-order valence-corrected chi connectivity index (χ4v) is 4.51. The molecular formula is C21H26ClN3O2S. The van der Waals surface area contributed by atoms with Crippen molar-refractivity contribution in [2.45, 2.75) is 43.7 Å². The van der Waals surface area contributed by atoms with E-state index >= 15 is 0 Å². The molecule has 1 aliphatic rings. The molecule has 0 aliphatic heterocycles. The summed E-state index contributed by atoms with van der Waals surface area (Å²) in [6.45, 7) is 5.09. The zero-order valence-corrected chi connectivity index (χ0v) is 17.9. The first-order valence-corrected chi connectivity index (χ1v) is 11.6. The minimum absolute atomic E-state index is 0.339. The third kappa shape index (κ3) is 5.26. The zero-order chi connectivity index (χ0) is 20.3. The van der Waals surface area contributed by atoms with E-state index in [0.717, 1.165) is 35.1 Å². The molecule has 0 spiro atoms. The van der Waals surface area contributed by atoms with Crippen LogP contribution in [0.25, 0.3) is 0 Å². The van der Waals surface area contributed by atoms with E-state index < -0.39 is 9.84 Å². The Kier molecular flexibility index (Phi) is 6.30. The van der Waals surface area contributed by atoms with Crippen LogP contribution in [0, 0.1) is 6.92 Å². The Morgan fingerprint density at radius 1 is 1.25 bits per heavy atom. The van der Waals surface area contributed by atoms with Gasteiger partial charge in [0, 0.05) is 29.8 Å². The maximum Gasteiger partial charge on any atom is 0.191 e. The van der Waals surface area contributed by atoms with Crippen LogP contribution in [-0.4, -0.2) is 33.2 Å². The summed E-state index contributed by atoms with van der Waals surface area (Å²) >= 11 is 6.10. The number of sulfone groups is 1. The molecule has 0 saturated heterocycles. The van der Waals surface area contributed by atoms with Gasteiger partial charge in [-0.3, -0.25) is 0 Å². The number of aryl methyl sites for hydroxylation is 1. The van der Waals surface area contributed by atoms with E-state index in [0.29, 0.717) is 23.4 Å². The van der Waals surface area contributed by atoms with Crippen molar-refractivity contribution in [2.24, 2.45) is 4.99 Å². The van der Waals surface area contributed by atoms with Crippen molar-refractivity contribution in [3.05, 3.63) is 64.2 Å². The lowest BCUT2D eigenvalue weighted by Crippen LogP contribution is -2.39. The smallest absolute Gasteiger partial charge is 0.191 e. The number of guanidine groups is 1. The van der Waals surface area contributed by atoms with Crippen molar-refractivity contribution in [3.8, 4) is 0 Å². The molecule has 1 saturated carbocycles. The molecule has 0 radical (unpaired) electrons. The minimum atomic E-state index is -3.20. The Morgan fingerprint density at radius 3 is 2.68 bits per heavy atom. The lowest BCUT2D eigenvalue weighted by atomic mass is 10.1. The van der Waals surface area contributed by atoms with Gasteiger partial charge in [-0.1, -0.05) is 35.9 Å². The molecule has 2 aromatic rings. The van der Waals surface area contributed by atoms with Gasteiger partial charge in [-0.25, -0.2) is 13.4 Å². The molecule has 150 valence electrons. The van der Waals surface area contributed by atoms with Crippen LogP contribution in [0.5, 0.6) is 0 Å². The number of nitrogens with one attached hydrogen (secondary N) is 2.